The number of hydrogen-bond donors (Lipinski definition) is 1. The molecule has 1 atom stereocenters. The normalized spacial score (nSPS) is 19.9. The number of amides is 1. The molecule has 0 bridgehead atoms. The van der Waals surface area contributed by atoms with Crippen molar-refractivity contribution in [3.8, 4) is 0 Å². The number of nitrogens with zero attached hydrogens (tertiary/aromatic N) is 1. The van der Waals surface area contributed by atoms with Crippen molar-refractivity contribution >= 4 is 17.5 Å². The van der Waals surface area contributed by atoms with Gasteiger partial charge in [-0.25, -0.2) is 0 Å². The highest BCUT2D eigenvalue weighted by atomic mass is 35.5. The molecule has 1 unspecified atom stereocenters. The molecular weight excluding hydrogens is 248 g/mol. The molecule has 1 N–H and O–H groups in total. The van der Waals surface area contributed by atoms with Gasteiger partial charge in [-0.1, -0.05) is 23.7 Å². The van der Waals surface area contributed by atoms with E-state index in [4.69, 9.17) is 11.6 Å². The minimum absolute atomic E-state index is 0.0450. The Morgan fingerprint density at radius 1 is 1.50 bits per heavy atom. The van der Waals surface area contributed by atoms with Gasteiger partial charge < -0.3 is 10.2 Å². The van der Waals surface area contributed by atoms with Crippen LogP contribution >= 0.6 is 11.6 Å². The molecule has 1 saturated heterocycles. The second kappa shape index (κ2) is 5.72. The summed E-state index contributed by atoms with van der Waals surface area (Å²) in [5.41, 5.74) is 1.57. The zero-order chi connectivity index (χ0) is 13.1. The Kier molecular flexibility index (Phi) is 4.25. The van der Waals surface area contributed by atoms with Gasteiger partial charge in [0.25, 0.3) is 5.91 Å². The van der Waals surface area contributed by atoms with Gasteiger partial charge in [0.05, 0.1) is 10.6 Å². The molecule has 4 heteroatoms. The van der Waals surface area contributed by atoms with E-state index in [-0.39, 0.29) is 5.91 Å². The summed E-state index contributed by atoms with van der Waals surface area (Å²) in [6.45, 7) is 3.51. The quantitative estimate of drug-likeness (QED) is 0.892. The highest BCUT2D eigenvalue weighted by Crippen LogP contribution is 2.23. The Bertz CT molecular complexity index is 447. The number of aryl methyl sites for hydroxylation is 1. The van der Waals surface area contributed by atoms with Crippen molar-refractivity contribution in [1.29, 1.82) is 0 Å². The lowest BCUT2D eigenvalue weighted by Crippen LogP contribution is -2.47. The van der Waals surface area contributed by atoms with E-state index in [1.807, 2.05) is 31.0 Å². The molecule has 1 amide bonds. The zero-order valence-corrected chi connectivity index (χ0v) is 11.6. The van der Waals surface area contributed by atoms with Crippen LogP contribution in [0.15, 0.2) is 18.2 Å². The van der Waals surface area contributed by atoms with E-state index >= 15 is 0 Å². The monoisotopic (exact) mass is 266 g/mol. The molecule has 1 aliphatic heterocycles. The Balaban J connectivity index is 2.18. The van der Waals surface area contributed by atoms with Gasteiger partial charge >= 0.3 is 0 Å². The molecule has 3 nitrogen and oxygen atoms in total. The van der Waals surface area contributed by atoms with Crippen molar-refractivity contribution in [1.82, 2.24) is 10.2 Å². The van der Waals surface area contributed by atoms with Crippen LogP contribution in [-0.2, 0) is 0 Å². The maximum Gasteiger partial charge on any atom is 0.255 e. The van der Waals surface area contributed by atoms with E-state index in [1.165, 1.54) is 0 Å². The summed E-state index contributed by atoms with van der Waals surface area (Å²) in [6.07, 6.45) is 2.17. The van der Waals surface area contributed by atoms with Crippen molar-refractivity contribution in [2.45, 2.75) is 25.8 Å². The number of likely N-dealkylation sites (N-methyl/N-ethyl adjacent to an activating group) is 1. The van der Waals surface area contributed by atoms with E-state index in [0.29, 0.717) is 16.6 Å². The van der Waals surface area contributed by atoms with Crippen LogP contribution in [0.5, 0.6) is 0 Å². The second-order valence-electron chi connectivity index (χ2n) is 4.82. The Morgan fingerprint density at radius 2 is 2.28 bits per heavy atom. The van der Waals surface area contributed by atoms with Crippen LogP contribution in [-0.4, -0.2) is 37.0 Å². The fourth-order valence-corrected chi connectivity index (χ4v) is 2.59. The molecule has 98 valence electrons. The van der Waals surface area contributed by atoms with Gasteiger partial charge in [-0.3, -0.25) is 4.79 Å². The lowest BCUT2D eigenvalue weighted by molar-refractivity contribution is 0.0698. The van der Waals surface area contributed by atoms with Crippen molar-refractivity contribution in [2.75, 3.05) is 20.1 Å². The van der Waals surface area contributed by atoms with Crippen LogP contribution in [0.2, 0.25) is 5.02 Å². The number of halogens is 1. The molecule has 0 aliphatic carbocycles. The molecule has 18 heavy (non-hydrogen) atoms. The minimum Gasteiger partial charge on any atom is -0.337 e. The van der Waals surface area contributed by atoms with E-state index < -0.39 is 0 Å². The summed E-state index contributed by atoms with van der Waals surface area (Å²) < 4.78 is 0. The Morgan fingerprint density at radius 3 is 3.00 bits per heavy atom. The third-order valence-electron chi connectivity index (χ3n) is 3.54. The molecular formula is C14H19ClN2O. The highest BCUT2D eigenvalue weighted by Gasteiger charge is 2.24. The van der Waals surface area contributed by atoms with Crippen molar-refractivity contribution in [2.24, 2.45) is 0 Å². The lowest BCUT2D eigenvalue weighted by Gasteiger charge is -2.32. The first-order valence-corrected chi connectivity index (χ1v) is 6.73. The molecule has 0 radical (unpaired) electrons. The number of carbonyl (C=O) groups is 1. The predicted octanol–water partition coefficient (Wildman–Crippen LogP) is 2.47. The molecule has 0 saturated carbocycles. The second-order valence-corrected chi connectivity index (χ2v) is 5.19. The first kappa shape index (κ1) is 13.4. The Hall–Kier alpha value is -1.06. The first-order valence-electron chi connectivity index (χ1n) is 6.35. The average Bonchev–Trinajstić information content (AvgIpc) is 2.41. The van der Waals surface area contributed by atoms with E-state index in [2.05, 4.69) is 5.32 Å². The van der Waals surface area contributed by atoms with Crippen LogP contribution in [0, 0.1) is 6.92 Å². The predicted molar refractivity (Wildman–Crippen MR) is 74.2 cm³/mol. The molecule has 1 aliphatic rings. The van der Waals surface area contributed by atoms with Crippen LogP contribution in [0.1, 0.15) is 28.8 Å². The maximum absolute atomic E-state index is 12.4. The SMILES string of the molecule is CNC1CCCN(C(=O)c2cccc(C)c2Cl)C1. The number of rotatable bonds is 2. The Labute approximate surface area is 113 Å². The smallest absolute Gasteiger partial charge is 0.255 e. The van der Waals surface area contributed by atoms with Crippen molar-refractivity contribution in [3.63, 3.8) is 0 Å². The molecule has 1 fully saturated rings. The largest absolute Gasteiger partial charge is 0.337 e. The third-order valence-corrected chi connectivity index (χ3v) is 4.04. The fraction of sp³-hybridized carbons (Fsp3) is 0.500. The van der Waals surface area contributed by atoms with Crippen LogP contribution in [0.4, 0.5) is 0 Å². The van der Waals surface area contributed by atoms with E-state index in [9.17, 15) is 4.79 Å². The summed E-state index contributed by atoms with van der Waals surface area (Å²) in [5, 5.41) is 3.82. The van der Waals surface area contributed by atoms with Crippen molar-refractivity contribution < 1.29 is 4.79 Å². The number of hydrogen-bond acceptors (Lipinski definition) is 2. The lowest BCUT2D eigenvalue weighted by atomic mass is 10.0. The van der Waals surface area contributed by atoms with Crippen LogP contribution in [0.3, 0.4) is 0 Å². The van der Waals surface area contributed by atoms with Gasteiger partial charge in [0.15, 0.2) is 0 Å². The first-order chi connectivity index (χ1) is 8.63. The van der Waals surface area contributed by atoms with E-state index in [0.717, 1.165) is 31.5 Å². The topological polar surface area (TPSA) is 32.3 Å². The fourth-order valence-electron chi connectivity index (χ4n) is 2.38. The molecule has 1 aromatic rings. The van der Waals surface area contributed by atoms with Gasteiger partial charge in [0.2, 0.25) is 0 Å². The number of carbonyl (C=O) groups excluding carboxylic acids is 1. The van der Waals surface area contributed by atoms with Gasteiger partial charge in [-0.05, 0) is 38.4 Å². The summed E-state index contributed by atoms with van der Waals surface area (Å²) >= 11 is 6.21. The molecule has 1 aromatic carbocycles. The van der Waals surface area contributed by atoms with Gasteiger partial charge in [-0.15, -0.1) is 0 Å². The molecule has 0 spiro atoms. The van der Waals surface area contributed by atoms with Gasteiger partial charge in [0, 0.05) is 19.1 Å². The maximum atomic E-state index is 12.4. The standard InChI is InChI=1S/C14H19ClN2O/c1-10-5-3-7-12(13(10)15)14(18)17-8-4-6-11(9-17)16-2/h3,5,7,11,16H,4,6,8-9H2,1-2H3. The van der Waals surface area contributed by atoms with Crippen LogP contribution < -0.4 is 5.32 Å². The number of benzene rings is 1. The number of nitrogens with one attached hydrogen (secondary N) is 1. The summed E-state index contributed by atoms with van der Waals surface area (Å²) in [6, 6.07) is 6.01. The zero-order valence-electron chi connectivity index (χ0n) is 10.9. The number of likely N-dealkylation sites (tertiary alicyclic amines) is 1. The number of piperidine rings is 1. The van der Waals surface area contributed by atoms with Gasteiger partial charge in [-0.2, -0.15) is 0 Å². The van der Waals surface area contributed by atoms with E-state index in [1.54, 1.807) is 6.07 Å². The average molecular weight is 267 g/mol. The van der Waals surface area contributed by atoms with Crippen LogP contribution in [0.25, 0.3) is 0 Å². The third kappa shape index (κ3) is 2.68. The van der Waals surface area contributed by atoms with Gasteiger partial charge in [0.1, 0.15) is 0 Å². The molecule has 2 rings (SSSR count). The molecule has 0 aromatic heterocycles. The highest BCUT2D eigenvalue weighted by molar-refractivity contribution is 6.34. The summed E-state index contributed by atoms with van der Waals surface area (Å²) in [4.78, 5) is 14.3. The minimum atomic E-state index is 0.0450. The molecule has 1 heterocycles. The summed E-state index contributed by atoms with van der Waals surface area (Å²) in [7, 11) is 1.94. The summed E-state index contributed by atoms with van der Waals surface area (Å²) in [5.74, 6) is 0.0450. The van der Waals surface area contributed by atoms with Crippen molar-refractivity contribution in [3.05, 3.63) is 34.3 Å².